The average Bonchev–Trinajstić information content (AvgIpc) is 2.44. The monoisotopic (exact) mass is 306 g/mol. The molecule has 0 aliphatic carbocycles. The van der Waals surface area contributed by atoms with Crippen LogP contribution in [-0.4, -0.2) is 17.5 Å². The Balaban J connectivity index is 2.24. The molecule has 0 bridgehead atoms. The number of hydrogen-bond acceptors (Lipinski definition) is 4. The van der Waals surface area contributed by atoms with E-state index >= 15 is 0 Å². The molecular weight excluding hydrogens is 280 g/mol. The van der Waals surface area contributed by atoms with Gasteiger partial charge in [-0.1, -0.05) is 51.5 Å². The molecule has 4 heteroatoms. The molecule has 1 aliphatic rings. The molecule has 1 unspecified atom stereocenters. The van der Waals surface area contributed by atoms with Crippen LogP contribution < -0.4 is 0 Å². The Hall–Kier alpha value is -1.71. The van der Waals surface area contributed by atoms with Crippen molar-refractivity contribution < 1.29 is 19.1 Å². The number of allylic oxidation sites excluding steroid dienone is 4. The number of ketones is 2. The van der Waals surface area contributed by atoms with E-state index in [0.717, 1.165) is 19.3 Å². The fourth-order valence-electron chi connectivity index (χ4n) is 2.42. The highest BCUT2D eigenvalue weighted by atomic mass is 16.5. The molecule has 0 aromatic heterocycles. The van der Waals surface area contributed by atoms with Crippen molar-refractivity contribution >= 4 is 17.5 Å². The van der Waals surface area contributed by atoms with Gasteiger partial charge in [-0.3, -0.25) is 14.4 Å². The first-order valence-electron chi connectivity index (χ1n) is 8.20. The summed E-state index contributed by atoms with van der Waals surface area (Å²) in [6.45, 7) is 3.72. The maximum absolute atomic E-state index is 11.9. The predicted octanol–water partition coefficient (Wildman–Crippen LogP) is 3.90. The zero-order valence-corrected chi connectivity index (χ0v) is 13.6. The van der Waals surface area contributed by atoms with Crippen molar-refractivity contribution in [2.45, 2.75) is 65.2 Å². The summed E-state index contributed by atoms with van der Waals surface area (Å²) in [5.74, 6) is -2.81. The lowest BCUT2D eigenvalue weighted by molar-refractivity contribution is -0.151. The van der Waals surface area contributed by atoms with Crippen molar-refractivity contribution in [2.24, 2.45) is 5.92 Å². The third kappa shape index (κ3) is 6.37. The summed E-state index contributed by atoms with van der Waals surface area (Å²) >= 11 is 0. The Kier molecular flexibility index (Phi) is 8.41. The van der Waals surface area contributed by atoms with Crippen LogP contribution >= 0.6 is 0 Å². The number of carbonyl (C=O) groups is 3. The maximum Gasteiger partial charge on any atom is 0.329 e. The minimum Gasteiger partial charge on any atom is -0.430 e. The Bertz CT molecular complexity index is 460. The summed E-state index contributed by atoms with van der Waals surface area (Å²) in [6.07, 6.45) is 13.6. The van der Waals surface area contributed by atoms with E-state index in [2.05, 4.69) is 6.92 Å². The summed E-state index contributed by atoms with van der Waals surface area (Å²) in [6, 6.07) is 0. The second-order valence-electron chi connectivity index (χ2n) is 5.73. The first-order valence-corrected chi connectivity index (χ1v) is 8.20. The van der Waals surface area contributed by atoms with Crippen LogP contribution in [0.5, 0.6) is 0 Å². The van der Waals surface area contributed by atoms with Gasteiger partial charge >= 0.3 is 5.97 Å². The molecule has 4 nitrogen and oxygen atoms in total. The molecule has 1 heterocycles. The third-order valence-corrected chi connectivity index (χ3v) is 3.67. The second-order valence-corrected chi connectivity index (χ2v) is 5.73. The number of cyclic esters (lactones) is 1. The molecule has 0 aromatic rings. The first-order chi connectivity index (χ1) is 10.6. The Morgan fingerprint density at radius 1 is 1.14 bits per heavy atom. The van der Waals surface area contributed by atoms with Gasteiger partial charge in [0.1, 0.15) is 5.76 Å². The minimum absolute atomic E-state index is 0.242. The van der Waals surface area contributed by atoms with Gasteiger partial charge in [-0.25, -0.2) is 0 Å². The minimum atomic E-state index is -1.31. The van der Waals surface area contributed by atoms with Gasteiger partial charge in [-0.15, -0.1) is 0 Å². The standard InChI is InChI=1S/C18H26O4/c1-3-4-5-6-7-8-9-10-11-12-15(19)17-16(20)13-14(2)22-18(17)21/h11-13,17H,3-10H2,1-2H3/b12-11+. The maximum atomic E-state index is 11.9. The van der Waals surface area contributed by atoms with E-state index in [1.807, 2.05) is 0 Å². The summed E-state index contributed by atoms with van der Waals surface area (Å²) in [7, 11) is 0. The van der Waals surface area contributed by atoms with Gasteiger partial charge in [0.05, 0.1) is 0 Å². The number of carbonyl (C=O) groups excluding carboxylic acids is 3. The van der Waals surface area contributed by atoms with Gasteiger partial charge in [-0.2, -0.15) is 0 Å². The molecule has 122 valence electrons. The average molecular weight is 306 g/mol. The molecule has 0 N–H and O–H groups in total. The van der Waals surface area contributed by atoms with Crippen LogP contribution in [0.2, 0.25) is 0 Å². The van der Waals surface area contributed by atoms with Crippen molar-refractivity contribution in [1.82, 2.24) is 0 Å². The number of rotatable bonds is 10. The predicted molar refractivity (Wildman–Crippen MR) is 85.1 cm³/mol. The Morgan fingerprint density at radius 3 is 2.41 bits per heavy atom. The molecule has 0 saturated heterocycles. The van der Waals surface area contributed by atoms with Crippen LogP contribution in [0, 0.1) is 5.92 Å². The first kappa shape index (κ1) is 18.3. The highest BCUT2D eigenvalue weighted by Gasteiger charge is 2.36. The number of hydrogen-bond donors (Lipinski definition) is 0. The van der Waals surface area contributed by atoms with E-state index in [1.165, 1.54) is 51.2 Å². The van der Waals surface area contributed by atoms with E-state index in [1.54, 1.807) is 6.08 Å². The lowest BCUT2D eigenvalue weighted by atomic mass is 9.96. The van der Waals surface area contributed by atoms with E-state index in [4.69, 9.17) is 4.74 Å². The van der Waals surface area contributed by atoms with Crippen molar-refractivity contribution in [3.63, 3.8) is 0 Å². The summed E-state index contributed by atoms with van der Waals surface area (Å²) in [5.41, 5.74) is 0. The summed E-state index contributed by atoms with van der Waals surface area (Å²) < 4.78 is 4.83. The molecule has 0 amide bonds. The SMILES string of the molecule is CCCCCCCCC/C=C/C(=O)C1C(=O)C=C(C)OC1=O. The van der Waals surface area contributed by atoms with E-state index in [0.29, 0.717) is 0 Å². The van der Waals surface area contributed by atoms with Gasteiger partial charge in [0.15, 0.2) is 17.5 Å². The zero-order chi connectivity index (χ0) is 16.4. The molecule has 0 fully saturated rings. The highest BCUT2D eigenvalue weighted by molar-refractivity contribution is 6.24. The van der Waals surface area contributed by atoms with Crippen LogP contribution in [0.15, 0.2) is 24.0 Å². The summed E-state index contributed by atoms with van der Waals surface area (Å²) in [4.78, 5) is 35.2. The topological polar surface area (TPSA) is 60.4 Å². The third-order valence-electron chi connectivity index (χ3n) is 3.67. The van der Waals surface area contributed by atoms with Crippen molar-refractivity contribution in [1.29, 1.82) is 0 Å². The van der Waals surface area contributed by atoms with Gasteiger partial charge < -0.3 is 4.74 Å². The Morgan fingerprint density at radius 2 is 1.77 bits per heavy atom. The number of unbranched alkanes of at least 4 members (excludes halogenated alkanes) is 7. The molecule has 1 aliphatic heterocycles. The number of ether oxygens (including phenoxy) is 1. The van der Waals surface area contributed by atoms with Gasteiger partial charge in [0.25, 0.3) is 0 Å². The molecular formula is C18H26O4. The molecule has 1 atom stereocenters. The molecule has 0 aromatic carbocycles. The molecule has 1 rings (SSSR count). The van der Waals surface area contributed by atoms with Gasteiger partial charge in [0.2, 0.25) is 0 Å². The molecule has 0 radical (unpaired) electrons. The van der Waals surface area contributed by atoms with E-state index in [-0.39, 0.29) is 5.76 Å². The smallest absolute Gasteiger partial charge is 0.329 e. The Labute approximate surface area is 132 Å². The van der Waals surface area contributed by atoms with Crippen molar-refractivity contribution in [3.8, 4) is 0 Å². The lowest BCUT2D eigenvalue weighted by Crippen LogP contribution is -2.34. The van der Waals surface area contributed by atoms with Crippen LogP contribution in [0.4, 0.5) is 0 Å². The fourth-order valence-corrected chi connectivity index (χ4v) is 2.42. The van der Waals surface area contributed by atoms with Crippen LogP contribution in [0.1, 0.15) is 65.2 Å². The highest BCUT2D eigenvalue weighted by Crippen LogP contribution is 2.16. The van der Waals surface area contributed by atoms with Gasteiger partial charge in [-0.05, 0) is 25.8 Å². The van der Waals surface area contributed by atoms with E-state index in [9.17, 15) is 14.4 Å². The van der Waals surface area contributed by atoms with Crippen molar-refractivity contribution in [2.75, 3.05) is 0 Å². The van der Waals surface area contributed by atoms with Gasteiger partial charge in [0, 0.05) is 6.08 Å². The molecule has 0 spiro atoms. The lowest BCUT2D eigenvalue weighted by Gasteiger charge is -2.15. The van der Waals surface area contributed by atoms with Crippen LogP contribution in [-0.2, 0) is 19.1 Å². The summed E-state index contributed by atoms with van der Waals surface area (Å²) in [5, 5.41) is 0. The second kappa shape index (κ2) is 10.1. The van der Waals surface area contributed by atoms with Crippen molar-refractivity contribution in [3.05, 3.63) is 24.0 Å². The quantitative estimate of drug-likeness (QED) is 0.266. The zero-order valence-electron chi connectivity index (χ0n) is 13.6. The van der Waals surface area contributed by atoms with E-state index < -0.39 is 23.5 Å². The van der Waals surface area contributed by atoms with Crippen LogP contribution in [0.25, 0.3) is 0 Å². The molecule has 22 heavy (non-hydrogen) atoms. The number of esters is 1. The fraction of sp³-hybridized carbons (Fsp3) is 0.611. The van der Waals surface area contributed by atoms with Crippen LogP contribution in [0.3, 0.4) is 0 Å². The largest absolute Gasteiger partial charge is 0.430 e. The normalized spacial score (nSPS) is 18.5. The molecule has 0 saturated carbocycles.